The van der Waals surface area contributed by atoms with E-state index in [2.05, 4.69) is 112 Å². The Kier molecular flexibility index (Phi) is 8.27. The van der Waals surface area contributed by atoms with Gasteiger partial charge < -0.3 is 14.5 Å². The highest BCUT2D eigenvalue weighted by molar-refractivity contribution is 6.16. The number of benzene rings is 7. The minimum atomic E-state index is -4.43. The maximum absolute atomic E-state index is 13.8. The van der Waals surface area contributed by atoms with Crippen molar-refractivity contribution in [3.8, 4) is 11.4 Å². The third-order valence-electron chi connectivity index (χ3n) is 11.4. The van der Waals surface area contributed by atoms with Gasteiger partial charge in [0.25, 0.3) is 0 Å². The number of aliphatic imine (C=N–C) groups is 2. The molecule has 3 heterocycles. The van der Waals surface area contributed by atoms with Crippen molar-refractivity contribution in [3.05, 3.63) is 215 Å². The van der Waals surface area contributed by atoms with E-state index in [4.69, 9.17) is 9.98 Å². The molecule has 2 aliphatic rings. The predicted molar refractivity (Wildman–Crippen MR) is 238 cm³/mol. The molecular formula is C52H34F3N5. The second kappa shape index (κ2) is 14.0. The summed E-state index contributed by atoms with van der Waals surface area (Å²) in [7, 11) is 0. The van der Waals surface area contributed by atoms with Gasteiger partial charge in [0.15, 0.2) is 5.84 Å². The lowest BCUT2D eigenvalue weighted by atomic mass is 9.98. The van der Waals surface area contributed by atoms with Gasteiger partial charge in [-0.2, -0.15) is 13.2 Å². The third kappa shape index (κ3) is 5.95. The van der Waals surface area contributed by atoms with Crippen LogP contribution < -0.4 is 15.8 Å². The van der Waals surface area contributed by atoms with E-state index in [-0.39, 0.29) is 6.42 Å². The van der Waals surface area contributed by atoms with Crippen molar-refractivity contribution < 1.29 is 13.2 Å². The number of rotatable bonds is 4. The number of fused-ring (bicyclic) bond motifs is 6. The fraction of sp³-hybridized carbons (Fsp3) is 0.0385. The van der Waals surface area contributed by atoms with Crippen LogP contribution in [0.15, 0.2) is 204 Å². The van der Waals surface area contributed by atoms with Crippen LogP contribution in [0.2, 0.25) is 0 Å². The normalized spacial score (nSPS) is 16.3. The third-order valence-corrected chi connectivity index (χ3v) is 11.4. The fourth-order valence-electron chi connectivity index (χ4n) is 8.66. The molecule has 8 heteroatoms. The molecule has 0 radical (unpaired) electrons. The summed E-state index contributed by atoms with van der Waals surface area (Å²) in [6.45, 7) is 0. The molecule has 1 aliphatic carbocycles. The van der Waals surface area contributed by atoms with Gasteiger partial charge in [-0.15, -0.1) is 0 Å². The van der Waals surface area contributed by atoms with Gasteiger partial charge in [0.2, 0.25) is 0 Å². The van der Waals surface area contributed by atoms with Crippen LogP contribution in [0, 0.1) is 0 Å². The Labute approximate surface area is 342 Å². The highest BCUT2D eigenvalue weighted by Gasteiger charge is 2.32. The van der Waals surface area contributed by atoms with Crippen LogP contribution in [0.4, 0.5) is 13.2 Å². The van der Waals surface area contributed by atoms with Crippen LogP contribution in [-0.2, 0) is 0 Å². The van der Waals surface area contributed by atoms with Gasteiger partial charge >= 0.3 is 6.18 Å². The van der Waals surface area contributed by atoms with Crippen molar-refractivity contribution >= 4 is 66.7 Å². The predicted octanol–water partition coefficient (Wildman–Crippen LogP) is 11.0. The number of hydrogen-bond donors (Lipinski definition) is 1. The van der Waals surface area contributed by atoms with E-state index in [0.29, 0.717) is 17.5 Å². The number of halogens is 3. The summed E-state index contributed by atoms with van der Waals surface area (Å²) in [5.74, 6) is 1.68. The minimum Gasteiger partial charge on any atom is -0.324 e. The van der Waals surface area contributed by atoms with Crippen molar-refractivity contribution in [2.24, 2.45) is 9.98 Å². The second-order valence-electron chi connectivity index (χ2n) is 15.0. The topological polar surface area (TPSA) is 46.6 Å². The summed E-state index contributed by atoms with van der Waals surface area (Å²) in [5.41, 5.74) is 7.99. The lowest BCUT2D eigenvalue weighted by Crippen LogP contribution is -2.38. The number of hydrogen-bond acceptors (Lipinski definition) is 3. The monoisotopic (exact) mass is 785 g/mol. The van der Waals surface area contributed by atoms with E-state index < -0.39 is 11.7 Å². The van der Waals surface area contributed by atoms with Crippen molar-refractivity contribution in [1.29, 1.82) is 0 Å². The Morgan fingerprint density at radius 1 is 0.483 bits per heavy atom. The Morgan fingerprint density at radius 2 is 1.02 bits per heavy atom. The Balaban J connectivity index is 1.19. The lowest BCUT2D eigenvalue weighted by Gasteiger charge is -2.19. The van der Waals surface area contributed by atoms with Gasteiger partial charge in [-0.1, -0.05) is 146 Å². The van der Waals surface area contributed by atoms with Gasteiger partial charge in [0, 0.05) is 49.3 Å². The summed E-state index contributed by atoms with van der Waals surface area (Å²) >= 11 is 0. The number of nitrogens with one attached hydrogen (secondary N) is 1. The molecule has 0 saturated heterocycles. The molecule has 0 saturated carbocycles. The van der Waals surface area contributed by atoms with Crippen molar-refractivity contribution in [2.45, 2.75) is 12.6 Å². The number of alkyl halides is 3. The maximum atomic E-state index is 13.8. The van der Waals surface area contributed by atoms with Crippen LogP contribution in [0.1, 0.15) is 17.5 Å². The molecule has 0 spiro atoms. The number of amidine groups is 2. The molecule has 1 aliphatic heterocycles. The highest BCUT2D eigenvalue weighted by Crippen LogP contribution is 2.37. The zero-order valence-corrected chi connectivity index (χ0v) is 32.0. The van der Waals surface area contributed by atoms with Crippen molar-refractivity contribution in [2.75, 3.05) is 0 Å². The molecule has 2 aromatic heterocycles. The van der Waals surface area contributed by atoms with Gasteiger partial charge in [0.05, 0.1) is 27.6 Å². The summed E-state index contributed by atoms with van der Waals surface area (Å²) < 4.78 is 46.0. The Hall–Kier alpha value is -7.71. The molecule has 0 fully saturated rings. The molecule has 288 valence electrons. The summed E-state index contributed by atoms with van der Waals surface area (Å²) in [4.78, 5) is 10.1. The zero-order valence-electron chi connectivity index (χ0n) is 32.0. The SMILES string of the molecule is FC(F)(F)C1=CCC(=c2ccc(-n3c4ccccc4c4ccc(-n5c6ccccc6c6ccccc65)cc43)cc2=C2N=C(c3ccccc3)N=C(c3ccccc3)N2)C=C1. The summed E-state index contributed by atoms with van der Waals surface area (Å²) in [6.07, 6.45) is -0.327. The number of aromatic nitrogens is 2. The average Bonchev–Trinajstić information content (AvgIpc) is 3.81. The number of allylic oxidation sites excluding steroid dienone is 4. The first kappa shape index (κ1) is 35.5. The molecule has 7 aromatic carbocycles. The molecule has 9 aromatic rings. The molecule has 11 rings (SSSR count). The molecule has 0 amide bonds. The summed E-state index contributed by atoms with van der Waals surface area (Å²) in [5, 5.41) is 9.62. The van der Waals surface area contributed by atoms with E-state index in [1.807, 2.05) is 72.8 Å². The maximum Gasteiger partial charge on any atom is 0.416 e. The highest BCUT2D eigenvalue weighted by atomic mass is 19.4. The van der Waals surface area contributed by atoms with Crippen LogP contribution >= 0.6 is 0 Å². The number of nitrogens with zero attached hydrogens (tertiary/aromatic N) is 4. The first-order valence-electron chi connectivity index (χ1n) is 19.8. The van der Waals surface area contributed by atoms with Crippen molar-refractivity contribution in [1.82, 2.24) is 14.5 Å². The second-order valence-corrected chi connectivity index (χ2v) is 15.0. The molecule has 0 unspecified atom stereocenters. The Morgan fingerprint density at radius 3 is 1.62 bits per heavy atom. The molecule has 60 heavy (non-hydrogen) atoms. The van der Waals surface area contributed by atoms with Crippen LogP contribution in [0.5, 0.6) is 0 Å². The minimum absolute atomic E-state index is 0.109. The van der Waals surface area contributed by atoms with E-state index >= 15 is 0 Å². The van der Waals surface area contributed by atoms with E-state index in [9.17, 15) is 13.2 Å². The van der Waals surface area contributed by atoms with Gasteiger partial charge in [-0.05, 0) is 59.7 Å². The van der Waals surface area contributed by atoms with Gasteiger partial charge in [0.1, 0.15) is 11.7 Å². The molecule has 0 bridgehead atoms. The zero-order chi connectivity index (χ0) is 40.4. The first-order valence-corrected chi connectivity index (χ1v) is 19.8. The number of para-hydroxylation sites is 3. The largest absolute Gasteiger partial charge is 0.416 e. The quantitative estimate of drug-likeness (QED) is 0.190. The smallest absolute Gasteiger partial charge is 0.324 e. The standard InChI is InChI=1S/C52H34F3N5/c53-52(54,55)36-25-23-33(24-26-36)39-29-27-37(31-44(39)51-57-49(34-13-3-1-4-14-34)56-50(58-51)35-15-5-2-6-16-35)60-47-22-12-9-19-42(47)43-30-28-38(32-48(43)60)59-45-20-10-7-17-40(45)41-18-8-11-21-46(41)59/h1-23,25-32H,24H2,(H,56,57,58). The molecule has 1 N–H and O–H groups in total. The van der Waals surface area contributed by atoms with E-state index in [0.717, 1.165) is 77.4 Å². The first-order chi connectivity index (χ1) is 29.4. The lowest BCUT2D eigenvalue weighted by molar-refractivity contribution is -0.0884. The average molecular weight is 786 g/mol. The van der Waals surface area contributed by atoms with Crippen LogP contribution in [0.3, 0.4) is 0 Å². The molecular weight excluding hydrogens is 752 g/mol. The van der Waals surface area contributed by atoms with E-state index in [1.165, 1.54) is 16.8 Å². The molecule has 0 atom stereocenters. The van der Waals surface area contributed by atoms with Gasteiger partial charge in [-0.25, -0.2) is 9.98 Å². The molecule has 5 nitrogen and oxygen atoms in total. The van der Waals surface area contributed by atoms with E-state index in [1.54, 1.807) is 6.08 Å². The Bertz CT molecular complexity index is 3400. The summed E-state index contributed by atoms with van der Waals surface area (Å²) in [6, 6.07) is 57.8. The fourth-order valence-corrected chi connectivity index (χ4v) is 8.66. The van der Waals surface area contributed by atoms with Crippen molar-refractivity contribution in [3.63, 3.8) is 0 Å². The van der Waals surface area contributed by atoms with Crippen LogP contribution in [-0.4, -0.2) is 27.0 Å². The van der Waals surface area contributed by atoms with Crippen LogP contribution in [0.25, 0.3) is 66.4 Å². The van der Waals surface area contributed by atoms with Gasteiger partial charge in [-0.3, -0.25) is 0 Å².